The van der Waals surface area contributed by atoms with Gasteiger partial charge in [0.2, 0.25) is 15.9 Å². The lowest BCUT2D eigenvalue weighted by Crippen LogP contribution is -2.45. The van der Waals surface area contributed by atoms with E-state index in [1.54, 1.807) is 0 Å². The van der Waals surface area contributed by atoms with Gasteiger partial charge in [0.25, 0.3) is 0 Å². The van der Waals surface area contributed by atoms with E-state index in [-0.39, 0.29) is 17.3 Å². The van der Waals surface area contributed by atoms with Crippen LogP contribution in [0.5, 0.6) is 0 Å². The number of likely N-dealkylation sites (tertiary alicyclic amines) is 1. The van der Waals surface area contributed by atoms with Gasteiger partial charge in [-0.2, -0.15) is 4.31 Å². The van der Waals surface area contributed by atoms with E-state index in [9.17, 15) is 17.6 Å². The predicted molar refractivity (Wildman–Crippen MR) is 125 cm³/mol. The molecule has 1 atom stereocenters. The highest BCUT2D eigenvalue weighted by Crippen LogP contribution is 2.24. The summed E-state index contributed by atoms with van der Waals surface area (Å²) in [5.74, 6) is -1.00. The molecular formula is C25H32FN3O3S. The molecule has 2 saturated heterocycles. The molecule has 2 fully saturated rings. The number of nitrogens with one attached hydrogen (secondary N) is 1. The second kappa shape index (κ2) is 10.8. The minimum Gasteiger partial charge on any atom is -0.352 e. The van der Waals surface area contributed by atoms with Gasteiger partial charge in [0.05, 0.1) is 10.8 Å². The lowest BCUT2D eigenvalue weighted by molar-refractivity contribution is -0.126. The van der Waals surface area contributed by atoms with Crippen molar-refractivity contribution in [1.29, 1.82) is 0 Å². The maximum Gasteiger partial charge on any atom is 0.243 e. The first-order valence-electron chi connectivity index (χ1n) is 11.8. The molecule has 178 valence electrons. The topological polar surface area (TPSA) is 69.7 Å². The van der Waals surface area contributed by atoms with Crippen molar-refractivity contribution < 1.29 is 17.6 Å². The van der Waals surface area contributed by atoms with Crippen LogP contribution in [0.3, 0.4) is 0 Å². The normalized spacial score (nSPS) is 20.5. The summed E-state index contributed by atoms with van der Waals surface area (Å²) in [6.07, 6.45) is 5.03. The number of carbonyl (C=O) groups excluding carboxylic acids is 1. The first-order valence-corrected chi connectivity index (χ1v) is 13.2. The van der Waals surface area contributed by atoms with Crippen LogP contribution in [0.25, 0.3) is 0 Å². The van der Waals surface area contributed by atoms with Gasteiger partial charge >= 0.3 is 0 Å². The van der Waals surface area contributed by atoms with Gasteiger partial charge in [-0.15, -0.1) is 0 Å². The van der Waals surface area contributed by atoms with Crippen molar-refractivity contribution >= 4 is 15.9 Å². The molecule has 1 amide bonds. The molecule has 6 nitrogen and oxygen atoms in total. The Morgan fingerprint density at radius 3 is 2.36 bits per heavy atom. The van der Waals surface area contributed by atoms with Gasteiger partial charge in [0.1, 0.15) is 5.82 Å². The van der Waals surface area contributed by atoms with Gasteiger partial charge in [0, 0.05) is 26.2 Å². The maximum atomic E-state index is 13.2. The number of amides is 1. The van der Waals surface area contributed by atoms with E-state index in [4.69, 9.17) is 0 Å². The Labute approximate surface area is 195 Å². The second-order valence-electron chi connectivity index (χ2n) is 8.98. The van der Waals surface area contributed by atoms with Gasteiger partial charge < -0.3 is 5.32 Å². The molecule has 0 bridgehead atoms. The van der Waals surface area contributed by atoms with Crippen molar-refractivity contribution in [3.63, 3.8) is 0 Å². The summed E-state index contributed by atoms with van der Waals surface area (Å²) in [6.45, 7) is 4.05. The first kappa shape index (κ1) is 23.9. The molecule has 0 unspecified atom stereocenters. The van der Waals surface area contributed by atoms with Crippen molar-refractivity contribution in [2.24, 2.45) is 5.92 Å². The van der Waals surface area contributed by atoms with Crippen molar-refractivity contribution in [2.75, 3.05) is 26.2 Å². The summed E-state index contributed by atoms with van der Waals surface area (Å²) in [6, 6.07) is 13.0. The fourth-order valence-corrected chi connectivity index (χ4v) is 6.22. The molecule has 0 saturated carbocycles. The van der Waals surface area contributed by atoms with Crippen LogP contribution in [-0.4, -0.2) is 49.7 Å². The summed E-state index contributed by atoms with van der Waals surface area (Å²) in [7, 11) is -3.75. The molecule has 0 aromatic heterocycles. The number of rotatable bonds is 7. The molecule has 0 spiro atoms. The van der Waals surface area contributed by atoms with Gasteiger partial charge in [0.15, 0.2) is 0 Å². The lowest BCUT2D eigenvalue weighted by atomic mass is 9.98. The standard InChI is InChI=1S/C25H32FN3O3S/c26-23-10-12-24(13-11-23)33(31,32)29-16-6-9-22(19-29)25(30)27-17-20-7-2-3-8-21(20)18-28-14-4-1-5-15-28/h2-3,7-8,10-13,22H,1,4-6,9,14-19H2,(H,27,30)/t22-/m1/s1. The van der Waals surface area contributed by atoms with Gasteiger partial charge in [-0.25, -0.2) is 12.8 Å². The van der Waals surface area contributed by atoms with Crippen LogP contribution in [0, 0.1) is 11.7 Å². The summed E-state index contributed by atoms with van der Waals surface area (Å²) in [4.78, 5) is 15.4. The molecule has 2 aromatic carbocycles. The van der Waals surface area contributed by atoms with Crippen molar-refractivity contribution in [2.45, 2.75) is 50.1 Å². The van der Waals surface area contributed by atoms with Crippen molar-refractivity contribution in [1.82, 2.24) is 14.5 Å². The molecule has 33 heavy (non-hydrogen) atoms. The Morgan fingerprint density at radius 2 is 1.64 bits per heavy atom. The van der Waals surface area contributed by atoms with Gasteiger partial charge in [-0.05, 0) is 74.2 Å². The number of carbonyl (C=O) groups is 1. The Kier molecular flexibility index (Phi) is 7.78. The molecule has 0 aliphatic carbocycles. The second-order valence-corrected chi connectivity index (χ2v) is 10.9. The molecule has 2 heterocycles. The fraction of sp³-hybridized carbons (Fsp3) is 0.480. The monoisotopic (exact) mass is 473 g/mol. The average molecular weight is 474 g/mol. The van der Waals surface area contributed by atoms with Crippen LogP contribution in [0.4, 0.5) is 4.39 Å². The zero-order valence-electron chi connectivity index (χ0n) is 18.9. The number of halogens is 1. The van der Waals surface area contributed by atoms with E-state index >= 15 is 0 Å². The van der Waals surface area contributed by atoms with E-state index in [1.807, 2.05) is 18.2 Å². The van der Waals surface area contributed by atoms with E-state index in [2.05, 4.69) is 16.3 Å². The smallest absolute Gasteiger partial charge is 0.243 e. The minimum absolute atomic E-state index is 0.0524. The summed E-state index contributed by atoms with van der Waals surface area (Å²) < 4.78 is 40.4. The SMILES string of the molecule is O=C(NCc1ccccc1CN1CCCCC1)[C@@H]1CCCN(S(=O)(=O)c2ccc(F)cc2)C1. The fourth-order valence-electron chi connectivity index (χ4n) is 4.70. The molecule has 1 N–H and O–H groups in total. The summed E-state index contributed by atoms with van der Waals surface area (Å²) in [5.41, 5.74) is 2.33. The van der Waals surface area contributed by atoms with Crippen LogP contribution >= 0.6 is 0 Å². The quantitative estimate of drug-likeness (QED) is 0.668. The Morgan fingerprint density at radius 1 is 0.939 bits per heavy atom. The number of benzene rings is 2. The Hall–Kier alpha value is -2.29. The number of hydrogen-bond donors (Lipinski definition) is 1. The zero-order chi connectivity index (χ0) is 23.3. The minimum atomic E-state index is -3.75. The van der Waals surface area contributed by atoms with Crippen LogP contribution in [0.1, 0.15) is 43.2 Å². The molecule has 2 aliphatic rings. The van der Waals surface area contributed by atoms with E-state index < -0.39 is 21.8 Å². The summed E-state index contributed by atoms with van der Waals surface area (Å²) >= 11 is 0. The highest BCUT2D eigenvalue weighted by atomic mass is 32.2. The highest BCUT2D eigenvalue weighted by Gasteiger charge is 2.33. The van der Waals surface area contributed by atoms with Crippen LogP contribution in [-0.2, 0) is 27.9 Å². The highest BCUT2D eigenvalue weighted by molar-refractivity contribution is 7.89. The molecule has 8 heteroatoms. The average Bonchev–Trinajstić information content (AvgIpc) is 2.84. The Bertz CT molecular complexity index is 1050. The van der Waals surface area contributed by atoms with Gasteiger partial charge in [-0.1, -0.05) is 30.7 Å². The molecule has 0 radical (unpaired) electrons. The van der Waals surface area contributed by atoms with E-state index in [0.717, 1.165) is 37.3 Å². The zero-order valence-corrected chi connectivity index (χ0v) is 19.7. The maximum absolute atomic E-state index is 13.2. The number of sulfonamides is 1. The molecule has 4 rings (SSSR count). The molecule has 2 aliphatic heterocycles. The molecule has 2 aromatic rings. The van der Waals surface area contributed by atoms with Gasteiger partial charge in [-0.3, -0.25) is 9.69 Å². The van der Waals surface area contributed by atoms with Crippen LogP contribution in [0.15, 0.2) is 53.4 Å². The Balaban J connectivity index is 1.37. The number of piperidine rings is 2. The van der Waals surface area contributed by atoms with Crippen molar-refractivity contribution in [3.8, 4) is 0 Å². The molecular weight excluding hydrogens is 441 g/mol. The van der Waals surface area contributed by atoms with Crippen LogP contribution in [0.2, 0.25) is 0 Å². The predicted octanol–water partition coefficient (Wildman–Crippen LogP) is 3.53. The van der Waals surface area contributed by atoms with Crippen LogP contribution < -0.4 is 5.32 Å². The lowest BCUT2D eigenvalue weighted by Gasteiger charge is -2.31. The number of nitrogens with zero attached hydrogens (tertiary/aromatic N) is 2. The van der Waals surface area contributed by atoms with E-state index in [1.165, 1.54) is 41.3 Å². The van der Waals surface area contributed by atoms with Crippen molar-refractivity contribution in [3.05, 3.63) is 65.5 Å². The third kappa shape index (κ3) is 5.99. The third-order valence-corrected chi connectivity index (χ3v) is 8.50. The first-order chi connectivity index (χ1) is 15.9. The van der Waals surface area contributed by atoms with E-state index in [0.29, 0.717) is 25.9 Å². The largest absolute Gasteiger partial charge is 0.352 e. The summed E-state index contributed by atoms with van der Waals surface area (Å²) in [5, 5.41) is 3.04. The number of hydrogen-bond acceptors (Lipinski definition) is 4. The third-order valence-electron chi connectivity index (χ3n) is 6.62.